The summed E-state index contributed by atoms with van der Waals surface area (Å²) in [7, 11) is 3.86. The number of aromatic amines is 1. The molecule has 0 aliphatic heterocycles. The van der Waals surface area contributed by atoms with Crippen molar-refractivity contribution < 1.29 is 0 Å². The van der Waals surface area contributed by atoms with Gasteiger partial charge in [0.05, 0.1) is 5.39 Å². The van der Waals surface area contributed by atoms with E-state index in [0.29, 0.717) is 5.65 Å². The molecule has 0 amide bonds. The second kappa shape index (κ2) is 2.95. The molecule has 0 fully saturated rings. The van der Waals surface area contributed by atoms with Crippen molar-refractivity contribution in [1.29, 1.82) is 0 Å². The van der Waals surface area contributed by atoms with Gasteiger partial charge >= 0.3 is 0 Å². The van der Waals surface area contributed by atoms with Crippen LogP contribution in [0.5, 0.6) is 0 Å². The zero-order chi connectivity index (χ0) is 9.42. The van der Waals surface area contributed by atoms with E-state index in [4.69, 9.17) is 0 Å². The number of nitrogens with zero attached hydrogens (tertiary/aromatic N) is 4. The summed E-state index contributed by atoms with van der Waals surface area (Å²) in [5, 5.41) is 7.73. The van der Waals surface area contributed by atoms with Gasteiger partial charge in [-0.25, -0.2) is 9.97 Å². The molecule has 5 nitrogen and oxygen atoms in total. The molecular formula is C7H8BrN5. The maximum absolute atomic E-state index is 4.16. The van der Waals surface area contributed by atoms with Gasteiger partial charge in [0.1, 0.15) is 16.7 Å². The van der Waals surface area contributed by atoms with Crippen LogP contribution in [0.15, 0.2) is 10.9 Å². The Bertz CT molecular complexity index is 435. The molecule has 2 rings (SSSR count). The topological polar surface area (TPSA) is 57.7 Å². The maximum Gasteiger partial charge on any atom is 0.187 e. The van der Waals surface area contributed by atoms with E-state index in [0.717, 1.165) is 15.8 Å². The molecule has 68 valence electrons. The Labute approximate surface area is 83.3 Å². The van der Waals surface area contributed by atoms with Crippen LogP contribution < -0.4 is 4.90 Å². The number of aromatic nitrogens is 4. The van der Waals surface area contributed by atoms with E-state index >= 15 is 0 Å². The number of hydrogen-bond donors (Lipinski definition) is 1. The summed E-state index contributed by atoms with van der Waals surface area (Å²) in [5.41, 5.74) is 0.672. The normalized spacial score (nSPS) is 10.7. The average molecular weight is 242 g/mol. The number of halogens is 1. The molecule has 0 saturated carbocycles. The first-order chi connectivity index (χ1) is 6.20. The molecule has 2 heterocycles. The Kier molecular flexibility index (Phi) is 1.91. The Morgan fingerprint density at radius 2 is 2.15 bits per heavy atom. The monoisotopic (exact) mass is 241 g/mol. The molecule has 6 heteroatoms. The molecule has 0 spiro atoms. The van der Waals surface area contributed by atoms with Gasteiger partial charge < -0.3 is 4.90 Å². The van der Waals surface area contributed by atoms with Crippen LogP contribution in [0.25, 0.3) is 11.0 Å². The molecule has 0 aliphatic carbocycles. The molecule has 0 bridgehead atoms. The standard InChI is InChI=1S/C7H8BrN5/c1-13(2)7-4-5(8)11-12-6(4)9-3-10-7/h3H,1-2H3,(H,9,10,11,12). The number of hydrogen-bond acceptors (Lipinski definition) is 4. The highest BCUT2D eigenvalue weighted by Gasteiger charge is 2.11. The van der Waals surface area contributed by atoms with Crippen molar-refractivity contribution in [3.8, 4) is 0 Å². The van der Waals surface area contributed by atoms with Gasteiger partial charge in [-0.2, -0.15) is 5.10 Å². The second-order valence-electron chi connectivity index (χ2n) is 2.83. The first-order valence-corrected chi connectivity index (χ1v) is 4.51. The fraction of sp³-hybridized carbons (Fsp3) is 0.286. The van der Waals surface area contributed by atoms with Gasteiger partial charge in [-0.1, -0.05) is 0 Å². The molecule has 0 saturated heterocycles. The van der Waals surface area contributed by atoms with Gasteiger partial charge in [-0.15, -0.1) is 0 Å². The van der Waals surface area contributed by atoms with E-state index in [2.05, 4.69) is 36.1 Å². The number of nitrogens with one attached hydrogen (secondary N) is 1. The molecule has 0 radical (unpaired) electrons. The number of rotatable bonds is 1. The third-order valence-corrected chi connectivity index (χ3v) is 2.28. The summed E-state index contributed by atoms with van der Waals surface area (Å²) in [4.78, 5) is 10.1. The van der Waals surface area contributed by atoms with E-state index in [1.807, 2.05) is 19.0 Å². The largest absolute Gasteiger partial charge is 0.362 e. The van der Waals surface area contributed by atoms with Gasteiger partial charge in [0, 0.05) is 14.1 Å². The van der Waals surface area contributed by atoms with Crippen LogP contribution in [0.1, 0.15) is 0 Å². The zero-order valence-electron chi connectivity index (χ0n) is 7.24. The van der Waals surface area contributed by atoms with E-state index in [1.54, 1.807) is 0 Å². The molecular weight excluding hydrogens is 234 g/mol. The third kappa shape index (κ3) is 1.27. The Balaban J connectivity index is 2.80. The summed E-state index contributed by atoms with van der Waals surface area (Å²) >= 11 is 3.36. The van der Waals surface area contributed by atoms with Gasteiger partial charge in [0.15, 0.2) is 5.65 Å². The summed E-state index contributed by atoms with van der Waals surface area (Å²) in [5.74, 6) is 0.852. The Morgan fingerprint density at radius 3 is 2.85 bits per heavy atom. The number of fused-ring (bicyclic) bond motifs is 1. The lowest BCUT2D eigenvalue weighted by Crippen LogP contribution is -2.11. The quantitative estimate of drug-likeness (QED) is 0.815. The van der Waals surface area contributed by atoms with E-state index in [1.165, 1.54) is 6.33 Å². The van der Waals surface area contributed by atoms with Crippen molar-refractivity contribution in [1.82, 2.24) is 20.2 Å². The van der Waals surface area contributed by atoms with Crippen LogP contribution in [0.3, 0.4) is 0 Å². The highest BCUT2D eigenvalue weighted by Crippen LogP contribution is 2.26. The van der Waals surface area contributed by atoms with Crippen molar-refractivity contribution >= 4 is 32.8 Å². The molecule has 0 aromatic carbocycles. The minimum Gasteiger partial charge on any atom is -0.362 e. The van der Waals surface area contributed by atoms with Crippen LogP contribution in [0.2, 0.25) is 0 Å². The Hall–Kier alpha value is -1.17. The summed E-state index contributed by atoms with van der Waals surface area (Å²) in [6, 6.07) is 0. The van der Waals surface area contributed by atoms with Crippen molar-refractivity contribution in [3.05, 3.63) is 10.9 Å². The predicted octanol–water partition coefficient (Wildman–Crippen LogP) is 1.18. The minimum atomic E-state index is 0.672. The lowest BCUT2D eigenvalue weighted by molar-refractivity contribution is 1.05. The SMILES string of the molecule is CN(C)c1ncnc2n[nH]c(Br)c12. The van der Waals surface area contributed by atoms with E-state index in [-0.39, 0.29) is 0 Å². The van der Waals surface area contributed by atoms with Crippen molar-refractivity contribution in [2.75, 3.05) is 19.0 Å². The maximum atomic E-state index is 4.16. The van der Waals surface area contributed by atoms with E-state index in [9.17, 15) is 0 Å². The first kappa shape index (κ1) is 8.43. The number of H-pyrrole nitrogens is 1. The van der Waals surface area contributed by atoms with Crippen molar-refractivity contribution in [3.63, 3.8) is 0 Å². The zero-order valence-corrected chi connectivity index (χ0v) is 8.83. The Morgan fingerprint density at radius 1 is 1.38 bits per heavy atom. The lowest BCUT2D eigenvalue weighted by atomic mass is 10.4. The molecule has 0 aliphatic rings. The van der Waals surface area contributed by atoms with Gasteiger partial charge in [-0.3, -0.25) is 5.10 Å². The van der Waals surface area contributed by atoms with Crippen molar-refractivity contribution in [2.45, 2.75) is 0 Å². The highest BCUT2D eigenvalue weighted by atomic mass is 79.9. The second-order valence-corrected chi connectivity index (χ2v) is 3.62. The van der Waals surface area contributed by atoms with Crippen LogP contribution in [0, 0.1) is 0 Å². The van der Waals surface area contributed by atoms with Gasteiger partial charge in [0.25, 0.3) is 0 Å². The molecule has 0 atom stereocenters. The molecule has 2 aromatic heterocycles. The van der Waals surface area contributed by atoms with E-state index < -0.39 is 0 Å². The first-order valence-electron chi connectivity index (χ1n) is 3.72. The fourth-order valence-corrected chi connectivity index (χ4v) is 1.59. The highest BCUT2D eigenvalue weighted by molar-refractivity contribution is 9.10. The predicted molar refractivity (Wildman–Crippen MR) is 53.7 cm³/mol. The minimum absolute atomic E-state index is 0.672. The lowest BCUT2D eigenvalue weighted by Gasteiger charge is -2.10. The summed E-state index contributed by atoms with van der Waals surface area (Å²) in [6.07, 6.45) is 1.50. The smallest absolute Gasteiger partial charge is 0.187 e. The van der Waals surface area contributed by atoms with Gasteiger partial charge in [-0.05, 0) is 15.9 Å². The molecule has 13 heavy (non-hydrogen) atoms. The van der Waals surface area contributed by atoms with Crippen molar-refractivity contribution in [2.24, 2.45) is 0 Å². The molecule has 2 aromatic rings. The van der Waals surface area contributed by atoms with Crippen LogP contribution in [-0.2, 0) is 0 Å². The molecule has 0 unspecified atom stereocenters. The molecule has 1 N–H and O–H groups in total. The summed E-state index contributed by atoms with van der Waals surface area (Å²) in [6.45, 7) is 0. The average Bonchev–Trinajstić information content (AvgIpc) is 2.48. The fourth-order valence-electron chi connectivity index (χ4n) is 1.15. The third-order valence-electron chi connectivity index (χ3n) is 1.71. The van der Waals surface area contributed by atoms with Crippen LogP contribution >= 0.6 is 15.9 Å². The summed E-state index contributed by atoms with van der Waals surface area (Å²) < 4.78 is 0.812. The van der Waals surface area contributed by atoms with Crippen LogP contribution in [-0.4, -0.2) is 34.3 Å². The van der Waals surface area contributed by atoms with Crippen LogP contribution in [0.4, 0.5) is 5.82 Å². The number of anilines is 1. The van der Waals surface area contributed by atoms with Gasteiger partial charge in [0.2, 0.25) is 0 Å².